The smallest absolute Gasteiger partial charge is 0.410 e. The van der Waals surface area contributed by atoms with Crippen molar-refractivity contribution < 1.29 is 19.1 Å². The molecule has 7 heteroatoms. The predicted molar refractivity (Wildman–Crippen MR) is 96.0 cm³/mol. The minimum atomic E-state index is -0.525. The second kappa shape index (κ2) is 7.63. The summed E-state index contributed by atoms with van der Waals surface area (Å²) in [6.45, 7) is 8.80. The molecular formula is C18H27N3O4. The maximum Gasteiger partial charge on any atom is 0.410 e. The summed E-state index contributed by atoms with van der Waals surface area (Å²) < 4.78 is 10.5. The zero-order chi connectivity index (χ0) is 18.6. The van der Waals surface area contributed by atoms with Crippen LogP contribution in [0.25, 0.3) is 0 Å². The lowest BCUT2D eigenvalue weighted by atomic mass is 10.2. The van der Waals surface area contributed by atoms with Gasteiger partial charge in [0.1, 0.15) is 11.4 Å². The number of methoxy groups -OCH3 is 1. The third kappa shape index (κ3) is 5.27. The molecule has 0 spiro atoms. The summed E-state index contributed by atoms with van der Waals surface area (Å²) >= 11 is 0. The summed E-state index contributed by atoms with van der Waals surface area (Å²) in [6, 6.07) is 6.89. The van der Waals surface area contributed by atoms with Gasteiger partial charge in [-0.3, -0.25) is 0 Å². The van der Waals surface area contributed by atoms with Crippen LogP contribution in [0.1, 0.15) is 27.7 Å². The number of anilines is 1. The molecule has 0 aliphatic carbocycles. The first kappa shape index (κ1) is 18.9. The Balaban J connectivity index is 1.91. The van der Waals surface area contributed by atoms with Gasteiger partial charge >= 0.3 is 12.1 Å². The molecule has 0 saturated carbocycles. The number of rotatable bonds is 2. The second-order valence-corrected chi connectivity index (χ2v) is 7.13. The molecule has 1 saturated heterocycles. The van der Waals surface area contributed by atoms with Gasteiger partial charge in [0.2, 0.25) is 0 Å². The molecule has 0 aromatic heterocycles. The Morgan fingerprint density at radius 3 is 2.32 bits per heavy atom. The van der Waals surface area contributed by atoms with Crippen molar-refractivity contribution in [1.82, 2.24) is 9.80 Å². The van der Waals surface area contributed by atoms with E-state index in [0.29, 0.717) is 25.3 Å². The van der Waals surface area contributed by atoms with Crippen LogP contribution in [0, 0.1) is 0 Å². The molecule has 1 atom stereocenters. The number of nitrogens with zero attached hydrogens (tertiary/aromatic N) is 2. The van der Waals surface area contributed by atoms with Crippen LogP contribution >= 0.6 is 0 Å². The van der Waals surface area contributed by atoms with Crippen molar-refractivity contribution >= 4 is 17.8 Å². The van der Waals surface area contributed by atoms with Gasteiger partial charge in [0.15, 0.2) is 0 Å². The van der Waals surface area contributed by atoms with E-state index in [0.717, 1.165) is 5.75 Å². The molecule has 25 heavy (non-hydrogen) atoms. The molecular weight excluding hydrogens is 322 g/mol. The van der Waals surface area contributed by atoms with Crippen molar-refractivity contribution in [3.8, 4) is 5.75 Å². The lowest BCUT2D eigenvalue weighted by Gasteiger charge is -2.40. The van der Waals surface area contributed by atoms with Gasteiger partial charge < -0.3 is 24.6 Å². The standard InChI is InChI=1S/C18H27N3O4/c1-13-12-20(17(23)25-18(2,3)4)10-11-21(13)16(22)19-14-6-8-15(24-5)9-7-14/h6-9,13H,10-12H2,1-5H3,(H,19,22)/t13-/m1/s1. The van der Waals surface area contributed by atoms with Gasteiger partial charge in [-0.2, -0.15) is 0 Å². The number of hydrogen-bond donors (Lipinski definition) is 1. The third-order valence-corrected chi connectivity index (χ3v) is 3.88. The highest BCUT2D eigenvalue weighted by Gasteiger charge is 2.32. The van der Waals surface area contributed by atoms with E-state index < -0.39 is 5.60 Å². The van der Waals surface area contributed by atoms with E-state index in [1.165, 1.54) is 0 Å². The van der Waals surface area contributed by atoms with Crippen LogP contribution in [0.2, 0.25) is 0 Å². The highest BCUT2D eigenvalue weighted by atomic mass is 16.6. The number of carbonyl (C=O) groups is 2. The molecule has 0 bridgehead atoms. The van der Waals surface area contributed by atoms with Crippen LogP contribution in [-0.2, 0) is 4.74 Å². The fourth-order valence-corrected chi connectivity index (χ4v) is 2.62. The van der Waals surface area contributed by atoms with Gasteiger partial charge in [-0.1, -0.05) is 0 Å². The van der Waals surface area contributed by atoms with Gasteiger partial charge in [0.25, 0.3) is 0 Å². The molecule has 1 N–H and O–H groups in total. The average Bonchev–Trinajstić information content (AvgIpc) is 2.53. The van der Waals surface area contributed by atoms with E-state index in [9.17, 15) is 9.59 Å². The Kier molecular flexibility index (Phi) is 5.77. The second-order valence-electron chi connectivity index (χ2n) is 7.13. The van der Waals surface area contributed by atoms with Crippen molar-refractivity contribution in [1.29, 1.82) is 0 Å². The molecule has 138 valence electrons. The van der Waals surface area contributed by atoms with E-state index >= 15 is 0 Å². The molecule has 1 aliphatic heterocycles. The van der Waals surface area contributed by atoms with Crippen molar-refractivity contribution in [2.24, 2.45) is 0 Å². The summed E-state index contributed by atoms with van der Waals surface area (Å²) in [6.07, 6.45) is -0.338. The number of nitrogens with one attached hydrogen (secondary N) is 1. The molecule has 0 radical (unpaired) electrons. The number of amides is 3. The molecule has 1 aromatic carbocycles. The number of benzene rings is 1. The molecule has 3 amide bonds. The molecule has 1 aromatic rings. The summed E-state index contributed by atoms with van der Waals surface area (Å²) in [5.41, 5.74) is 0.177. The van der Waals surface area contributed by atoms with Crippen LogP contribution in [0.5, 0.6) is 5.75 Å². The van der Waals surface area contributed by atoms with Crippen LogP contribution in [0.15, 0.2) is 24.3 Å². The fraction of sp³-hybridized carbons (Fsp3) is 0.556. The van der Waals surface area contributed by atoms with E-state index in [1.54, 1.807) is 41.2 Å². The highest BCUT2D eigenvalue weighted by Crippen LogP contribution is 2.18. The Morgan fingerprint density at radius 1 is 1.16 bits per heavy atom. The topological polar surface area (TPSA) is 71.1 Å². The maximum atomic E-state index is 12.5. The van der Waals surface area contributed by atoms with Gasteiger partial charge in [-0.15, -0.1) is 0 Å². The summed E-state index contributed by atoms with van der Waals surface area (Å²) in [5, 5.41) is 2.87. The van der Waals surface area contributed by atoms with Gasteiger partial charge in [0.05, 0.1) is 7.11 Å². The summed E-state index contributed by atoms with van der Waals surface area (Å²) in [5.74, 6) is 0.734. The Bertz CT molecular complexity index is 610. The predicted octanol–water partition coefficient (Wildman–Crippen LogP) is 3.17. The van der Waals surface area contributed by atoms with E-state index in [4.69, 9.17) is 9.47 Å². The average molecular weight is 349 g/mol. The van der Waals surface area contributed by atoms with E-state index in [1.807, 2.05) is 27.7 Å². The Labute approximate surface area is 148 Å². The van der Waals surface area contributed by atoms with Gasteiger partial charge in [-0.25, -0.2) is 9.59 Å². The molecule has 1 heterocycles. The number of carbonyl (C=O) groups excluding carboxylic acids is 2. The molecule has 7 nitrogen and oxygen atoms in total. The number of hydrogen-bond acceptors (Lipinski definition) is 4. The molecule has 1 fully saturated rings. The minimum absolute atomic E-state index is 0.0977. The fourth-order valence-electron chi connectivity index (χ4n) is 2.62. The maximum absolute atomic E-state index is 12.5. The van der Waals surface area contributed by atoms with Crippen molar-refractivity contribution in [3.63, 3.8) is 0 Å². The monoisotopic (exact) mass is 349 g/mol. The quantitative estimate of drug-likeness (QED) is 0.890. The normalized spacial score (nSPS) is 17.9. The first-order valence-corrected chi connectivity index (χ1v) is 8.39. The highest BCUT2D eigenvalue weighted by molar-refractivity contribution is 5.89. The van der Waals surface area contributed by atoms with E-state index in [-0.39, 0.29) is 18.2 Å². The summed E-state index contributed by atoms with van der Waals surface area (Å²) in [4.78, 5) is 28.0. The van der Waals surface area contributed by atoms with Crippen LogP contribution in [0.4, 0.5) is 15.3 Å². The Hall–Kier alpha value is -2.44. The lowest BCUT2D eigenvalue weighted by Crippen LogP contribution is -2.57. The van der Waals surface area contributed by atoms with Gasteiger partial charge in [-0.05, 0) is 52.0 Å². The minimum Gasteiger partial charge on any atom is -0.497 e. The van der Waals surface area contributed by atoms with Crippen LogP contribution < -0.4 is 10.1 Å². The number of urea groups is 1. The Morgan fingerprint density at radius 2 is 1.80 bits per heavy atom. The van der Waals surface area contributed by atoms with Crippen molar-refractivity contribution in [2.45, 2.75) is 39.3 Å². The SMILES string of the molecule is COc1ccc(NC(=O)N2CCN(C(=O)OC(C)(C)C)C[C@H]2C)cc1. The van der Waals surface area contributed by atoms with E-state index in [2.05, 4.69) is 5.32 Å². The van der Waals surface area contributed by atoms with Crippen LogP contribution in [-0.4, -0.2) is 60.3 Å². The molecule has 2 rings (SSSR count). The van der Waals surface area contributed by atoms with Gasteiger partial charge in [0, 0.05) is 31.4 Å². The van der Waals surface area contributed by atoms with Crippen LogP contribution in [0.3, 0.4) is 0 Å². The molecule has 0 unspecified atom stereocenters. The third-order valence-electron chi connectivity index (χ3n) is 3.88. The summed E-state index contributed by atoms with van der Waals surface area (Å²) in [7, 11) is 1.60. The molecule has 1 aliphatic rings. The lowest BCUT2D eigenvalue weighted by molar-refractivity contribution is 0.0112. The van der Waals surface area contributed by atoms with Crippen molar-refractivity contribution in [3.05, 3.63) is 24.3 Å². The first-order valence-electron chi connectivity index (χ1n) is 8.39. The number of ether oxygens (including phenoxy) is 2. The largest absolute Gasteiger partial charge is 0.497 e. The zero-order valence-corrected chi connectivity index (χ0v) is 15.5. The first-order chi connectivity index (χ1) is 11.7. The number of piperazine rings is 1. The zero-order valence-electron chi connectivity index (χ0n) is 15.5. The van der Waals surface area contributed by atoms with Crippen molar-refractivity contribution in [2.75, 3.05) is 32.1 Å².